The van der Waals surface area contributed by atoms with Gasteiger partial charge in [-0.1, -0.05) is 49.3 Å². The Hall–Kier alpha value is -2.15. The van der Waals surface area contributed by atoms with E-state index in [2.05, 4.69) is 56.0 Å². The van der Waals surface area contributed by atoms with Crippen molar-refractivity contribution in [2.45, 2.75) is 39.0 Å². The van der Waals surface area contributed by atoms with Gasteiger partial charge in [0, 0.05) is 0 Å². The molecule has 1 heterocycles. The first-order valence-electron chi connectivity index (χ1n) is 7.18. The molecular weight excluding hydrogens is 262 g/mol. The van der Waals surface area contributed by atoms with Gasteiger partial charge in [0.15, 0.2) is 5.82 Å². The number of benzene rings is 1. The molecule has 0 spiro atoms. The average Bonchev–Trinajstić information content (AvgIpc) is 2.82. The average molecular weight is 281 g/mol. The Kier molecular flexibility index (Phi) is 2.91. The van der Waals surface area contributed by atoms with Crippen molar-refractivity contribution in [3.8, 4) is 6.07 Å². The Labute approximate surface area is 124 Å². The Morgan fingerprint density at radius 3 is 2.48 bits per heavy atom. The van der Waals surface area contributed by atoms with Crippen LogP contribution >= 0.6 is 0 Å². The molecule has 0 N–H and O–H groups in total. The summed E-state index contributed by atoms with van der Waals surface area (Å²) in [5.41, 5.74) is 0.754. The van der Waals surface area contributed by atoms with Gasteiger partial charge in [0.2, 0.25) is 5.89 Å². The number of rotatable bonds is 3. The molecule has 0 aliphatic heterocycles. The quantitative estimate of drug-likeness (QED) is 0.861. The van der Waals surface area contributed by atoms with Crippen LogP contribution in [0.5, 0.6) is 0 Å². The van der Waals surface area contributed by atoms with Crippen molar-refractivity contribution in [3.05, 3.63) is 47.6 Å². The van der Waals surface area contributed by atoms with E-state index in [1.165, 1.54) is 0 Å². The number of nitrogens with zero attached hydrogens (tertiary/aromatic N) is 3. The number of hydrogen-bond acceptors (Lipinski definition) is 4. The third kappa shape index (κ3) is 2.04. The van der Waals surface area contributed by atoms with Crippen LogP contribution in [0.4, 0.5) is 0 Å². The predicted octanol–water partition coefficient (Wildman–Crippen LogP) is 3.66. The molecular formula is C17H19N3O. The first-order valence-corrected chi connectivity index (χ1v) is 7.18. The lowest BCUT2D eigenvalue weighted by atomic mass is 9.84. The molecule has 2 unspecified atom stereocenters. The normalized spacial score (nSPS) is 23.6. The number of hydrogen-bond donors (Lipinski definition) is 0. The lowest BCUT2D eigenvalue weighted by molar-refractivity contribution is 0.357. The Bertz CT molecular complexity index is 694. The van der Waals surface area contributed by atoms with Crippen molar-refractivity contribution in [1.82, 2.24) is 10.1 Å². The second-order valence-corrected chi connectivity index (χ2v) is 6.85. The third-order valence-corrected chi connectivity index (χ3v) is 4.73. The number of aromatic nitrogens is 2. The minimum absolute atomic E-state index is 0.0364. The molecule has 2 aromatic rings. The Morgan fingerprint density at radius 1 is 1.24 bits per heavy atom. The summed E-state index contributed by atoms with van der Waals surface area (Å²) in [6, 6.07) is 12.5. The van der Waals surface area contributed by atoms with Gasteiger partial charge < -0.3 is 4.52 Å². The molecule has 1 aromatic heterocycles. The lowest BCUT2D eigenvalue weighted by Crippen LogP contribution is -2.20. The zero-order valence-electron chi connectivity index (χ0n) is 12.8. The molecule has 1 saturated carbocycles. The second kappa shape index (κ2) is 4.42. The van der Waals surface area contributed by atoms with Crippen LogP contribution in [0.2, 0.25) is 0 Å². The van der Waals surface area contributed by atoms with Crippen molar-refractivity contribution in [3.63, 3.8) is 0 Å². The highest BCUT2D eigenvalue weighted by atomic mass is 16.5. The van der Waals surface area contributed by atoms with Gasteiger partial charge in [0.25, 0.3) is 0 Å². The second-order valence-electron chi connectivity index (χ2n) is 6.85. The van der Waals surface area contributed by atoms with Gasteiger partial charge in [-0.05, 0) is 24.8 Å². The Morgan fingerprint density at radius 2 is 1.90 bits per heavy atom. The molecule has 0 bridgehead atoms. The molecule has 0 saturated heterocycles. The maximum absolute atomic E-state index is 9.18. The maximum atomic E-state index is 9.18. The van der Waals surface area contributed by atoms with E-state index >= 15 is 0 Å². The van der Waals surface area contributed by atoms with Crippen LogP contribution in [-0.4, -0.2) is 10.1 Å². The largest absolute Gasteiger partial charge is 0.339 e. The topological polar surface area (TPSA) is 62.7 Å². The van der Waals surface area contributed by atoms with E-state index in [1.807, 2.05) is 18.2 Å². The SMILES string of the molecule is CC(C)(c1ccccc1)c1noc(C2C(C#N)C2(C)C)n1. The first kappa shape index (κ1) is 13.8. The molecule has 1 aromatic carbocycles. The van der Waals surface area contributed by atoms with Crippen LogP contribution in [0.1, 0.15) is 50.9 Å². The van der Waals surface area contributed by atoms with Gasteiger partial charge in [-0.15, -0.1) is 0 Å². The van der Waals surface area contributed by atoms with Crippen molar-refractivity contribution >= 4 is 0 Å². The van der Waals surface area contributed by atoms with E-state index in [0.29, 0.717) is 11.7 Å². The molecule has 1 aliphatic rings. The fraction of sp³-hybridized carbons (Fsp3) is 0.471. The summed E-state index contributed by atoms with van der Waals surface area (Å²) in [5.74, 6) is 1.27. The summed E-state index contributed by atoms with van der Waals surface area (Å²) in [6.45, 7) is 8.29. The van der Waals surface area contributed by atoms with Gasteiger partial charge in [-0.3, -0.25) is 0 Å². The van der Waals surface area contributed by atoms with Crippen LogP contribution in [0.25, 0.3) is 0 Å². The fourth-order valence-corrected chi connectivity index (χ4v) is 2.94. The third-order valence-electron chi connectivity index (χ3n) is 4.73. The monoisotopic (exact) mass is 281 g/mol. The van der Waals surface area contributed by atoms with Gasteiger partial charge in [-0.25, -0.2) is 0 Å². The van der Waals surface area contributed by atoms with E-state index in [4.69, 9.17) is 4.52 Å². The first-order chi connectivity index (χ1) is 9.89. The summed E-state index contributed by atoms with van der Waals surface area (Å²) in [5, 5.41) is 13.3. The minimum atomic E-state index is -0.315. The molecule has 4 heteroatoms. The fourth-order valence-electron chi connectivity index (χ4n) is 2.94. The summed E-state index contributed by atoms with van der Waals surface area (Å²) in [6.07, 6.45) is 0. The molecule has 108 valence electrons. The summed E-state index contributed by atoms with van der Waals surface area (Å²) in [7, 11) is 0. The molecule has 0 amide bonds. The lowest BCUT2D eigenvalue weighted by Gasteiger charge is -2.20. The molecule has 4 nitrogen and oxygen atoms in total. The zero-order valence-corrected chi connectivity index (χ0v) is 12.8. The highest BCUT2D eigenvalue weighted by Gasteiger charge is 2.62. The van der Waals surface area contributed by atoms with Crippen LogP contribution in [0, 0.1) is 22.7 Å². The standard InChI is InChI=1S/C17H19N3O/c1-16(2,11-8-6-5-7-9-11)15-19-14(21-20-15)13-12(10-18)17(13,3)4/h5-9,12-13H,1-4H3. The van der Waals surface area contributed by atoms with Gasteiger partial charge in [0.1, 0.15) is 0 Å². The van der Waals surface area contributed by atoms with Crippen molar-refractivity contribution in [2.75, 3.05) is 0 Å². The molecule has 1 fully saturated rings. The molecule has 21 heavy (non-hydrogen) atoms. The summed E-state index contributed by atoms with van der Waals surface area (Å²) >= 11 is 0. The molecule has 2 atom stereocenters. The van der Waals surface area contributed by atoms with Crippen molar-refractivity contribution in [1.29, 1.82) is 5.26 Å². The van der Waals surface area contributed by atoms with Gasteiger partial charge >= 0.3 is 0 Å². The van der Waals surface area contributed by atoms with E-state index in [1.54, 1.807) is 0 Å². The smallest absolute Gasteiger partial charge is 0.231 e. The van der Waals surface area contributed by atoms with Crippen LogP contribution in [-0.2, 0) is 5.41 Å². The highest BCUT2D eigenvalue weighted by Crippen LogP contribution is 2.63. The van der Waals surface area contributed by atoms with E-state index in [9.17, 15) is 5.26 Å². The summed E-state index contributed by atoms with van der Waals surface area (Å²) < 4.78 is 5.45. The Balaban J connectivity index is 1.92. The predicted molar refractivity (Wildman–Crippen MR) is 78.5 cm³/mol. The van der Waals surface area contributed by atoms with E-state index in [0.717, 1.165) is 5.56 Å². The summed E-state index contributed by atoms with van der Waals surface area (Å²) in [4.78, 5) is 4.59. The molecule has 1 aliphatic carbocycles. The van der Waals surface area contributed by atoms with Gasteiger partial charge in [0.05, 0.1) is 23.3 Å². The van der Waals surface area contributed by atoms with Crippen LogP contribution < -0.4 is 0 Å². The van der Waals surface area contributed by atoms with Crippen molar-refractivity contribution < 1.29 is 4.52 Å². The van der Waals surface area contributed by atoms with E-state index in [-0.39, 0.29) is 22.7 Å². The van der Waals surface area contributed by atoms with Crippen molar-refractivity contribution in [2.24, 2.45) is 11.3 Å². The van der Waals surface area contributed by atoms with Gasteiger partial charge in [-0.2, -0.15) is 10.2 Å². The number of nitriles is 1. The zero-order chi connectivity index (χ0) is 15.3. The van der Waals surface area contributed by atoms with Crippen LogP contribution in [0.3, 0.4) is 0 Å². The molecule has 0 radical (unpaired) electrons. The maximum Gasteiger partial charge on any atom is 0.231 e. The highest BCUT2D eigenvalue weighted by molar-refractivity contribution is 5.32. The van der Waals surface area contributed by atoms with E-state index < -0.39 is 0 Å². The molecule has 3 rings (SSSR count). The van der Waals surface area contributed by atoms with Crippen LogP contribution in [0.15, 0.2) is 34.9 Å². The minimum Gasteiger partial charge on any atom is -0.339 e.